The van der Waals surface area contributed by atoms with Gasteiger partial charge >= 0.3 is 0 Å². The maximum absolute atomic E-state index is 12.4. The molecule has 1 heterocycles. The third-order valence-corrected chi connectivity index (χ3v) is 7.48. The quantitative estimate of drug-likeness (QED) is 0.591. The van der Waals surface area contributed by atoms with Crippen LogP contribution in [-0.2, 0) is 21.0 Å². The van der Waals surface area contributed by atoms with E-state index in [-0.39, 0.29) is 5.75 Å². The third-order valence-electron chi connectivity index (χ3n) is 5.66. The van der Waals surface area contributed by atoms with Crippen molar-refractivity contribution >= 4 is 9.84 Å². The third kappa shape index (κ3) is 5.22. The highest BCUT2D eigenvalue weighted by atomic mass is 32.2. The topological polar surface area (TPSA) is 46.6 Å². The second-order valence-electron chi connectivity index (χ2n) is 7.62. The Morgan fingerprint density at radius 1 is 1.11 bits per heavy atom. The summed E-state index contributed by atoms with van der Waals surface area (Å²) in [5, 5.41) is 0. The molecule has 2 aromatic carbocycles. The van der Waals surface area contributed by atoms with Gasteiger partial charge in [0.1, 0.15) is 0 Å². The van der Waals surface area contributed by atoms with Gasteiger partial charge in [-0.2, -0.15) is 0 Å². The van der Waals surface area contributed by atoms with E-state index in [1.807, 2.05) is 18.2 Å². The van der Waals surface area contributed by atoms with Crippen LogP contribution < -0.4 is 0 Å². The molecule has 28 heavy (non-hydrogen) atoms. The SMILES string of the molecule is COCCCS(=O)(=O)c1ccc(-c2ccccc2CCN2CCCC2C)cc1. The summed E-state index contributed by atoms with van der Waals surface area (Å²) < 4.78 is 29.8. The van der Waals surface area contributed by atoms with E-state index in [2.05, 4.69) is 30.0 Å². The molecule has 0 aromatic heterocycles. The zero-order valence-electron chi connectivity index (χ0n) is 16.9. The van der Waals surface area contributed by atoms with Crippen LogP contribution in [0.25, 0.3) is 11.1 Å². The average Bonchev–Trinajstić information content (AvgIpc) is 3.12. The second kappa shape index (κ2) is 9.68. The standard InChI is InChI=1S/C23H31NO3S/c1-19-7-5-15-24(19)16-14-20-8-3-4-9-23(20)21-10-12-22(13-11-21)28(25,26)18-6-17-27-2/h3-4,8-13,19H,5-7,14-18H2,1-2H3. The Hall–Kier alpha value is -1.69. The molecule has 2 aromatic rings. The van der Waals surface area contributed by atoms with E-state index in [0.29, 0.717) is 24.0 Å². The summed E-state index contributed by atoms with van der Waals surface area (Å²) >= 11 is 0. The summed E-state index contributed by atoms with van der Waals surface area (Å²) in [7, 11) is -1.67. The zero-order valence-corrected chi connectivity index (χ0v) is 17.7. The Morgan fingerprint density at radius 3 is 2.54 bits per heavy atom. The molecule has 1 aliphatic rings. The Bertz CT molecular complexity index is 862. The lowest BCUT2D eigenvalue weighted by Crippen LogP contribution is -2.29. The van der Waals surface area contributed by atoms with Crippen LogP contribution in [0.2, 0.25) is 0 Å². The molecule has 4 nitrogen and oxygen atoms in total. The minimum atomic E-state index is -3.26. The fourth-order valence-corrected chi connectivity index (χ4v) is 5.25. The van der Waals surface area contributed by atoms with E-state index in [1.54, 1.807) is 19.2 Å². The minimum absolute atomic E-state index is 0.116. The van der Waals surface area contributed by atoms with Gasteiger partial charge in [0.05, 0.1) is 10.6 Å². The van der Waals surface area contributed by atoms with Gasteiger partial charge in [-0.3, -0.25) is 0 Å². The molecule has 3 rings (SSSR count). The molecule has 1 aliphatic heterocycles. The normalized spacial score (nSPS) is 17.9. The first-order valence-electron chi connectivity index (χ1n) is 10.2. The van der Waals surface area contributed by atoms with E-state index in [4.69, 9.17) is 4.74 Å². The second-order valence-corrected chi connectivity index (χ2v) is 9.73. The van der Waals surface area contributed by atoms with Gasteiger partial charge in [0.15, 0.2) is 9.84 Å². The molecule has 0 spiro atoms. The number of sulfone groups is 1. The lowest BCUT2D eigenvalue weighted by molar-refractivity contribution is 0.199. The van der Waals surface area contributed by atoms with E-state index >= 15 is 0 Å². The smallest absolute Gasteiger partial charge is 0.178 e. The van der Waals surface area contributed by atoms with Crippen molar-refractivity contribution in [2.24, 2.45) is 0 Å². The van der Waals surface area contributed by atoms with Crippen LogP contribution in [0.1, 0.15) is 31.7 Å². The van der Waals surface area contributed by atoms with Crippen molar-refractivity contribution in [2.75, 3.05) is 32.6 Å². The zero-order chi connectivity index (χ0) is 20.0. The molecule has 1 fully saturated rings. The van der Waals surface area contributed by atoms with E-state index < -0.39 is 9.84 Å². The highest BCUT2D eigenvalue weighted by molar-refractivity contribution is 7.91. The lowest BCUT2D eigenvalue weighted by Gasteiger charge is -2.21. The van der Waals surface area contributed by atoms with Gasteiger partial charge in [-0.25, -0.2) is 8.42 Å². The summed E-state index contributed by atoms with van der Waals surface area (Å²) in [5.74, 6) is 0.116. The fourth-order valence-electron chi connectivity index (χ4n) is 3.96. The Labute approximate surface area is 169 Å². The number of methoxy groups -OCH3 is 1. The summed E-state index contributed by atoms with van der Waals surface area (Å²) in [6, 6.07) is 16.5. The van der Waals surface area contributed by atoms with Gasteiger partial charge in [0.25, 0.3) is 0 Å². The van der Waals surface area contributed by atoms with Crippen LogP contribution in [0.5, 0.6) is 0 Å². The molecule has 0 amide bonds. The Kier molecular flexibility index (Phi) is 7.27. The maximum Gasteiger partial charge on any atom is 0.178 e. The summed E-state index contributed by atoms with van der Waals surface area (Å²) in [5.41, 5.74) is 3.58. The molecule has 0 aliphatic carbocycles. The molecule has 0 saturated carbocycles. The van der Waals surface area contributed by atoms with Gasteiger partial charge in [-0.15, -0.1) is 0 Å². The van der Waals surface area contributed by atoms with E-state index in [1.165, 1.54) is 30.5 Å². The Morgan fingerprint density at radius 2 is 1.86 bits per heavy atom. The summed E-state index contributed by atoms with van der Waals surface area (Å²) in [6.45, 7) is 5.04. The minimum Gasteiger partial charge on any atom is -0.385 e. The van der Waals surface area contributed by atoms with Gasteiger partial charge in [0.2, 0.25) is 0 Å². The highest BCUT2D eigenvalue weighted by Crippen LogP contribution is 2.27. The van der Waals surface area contributed by atoms with Crippen molar-refractivity contribution in [3.63, 3.8) is 0 Å². The van der Waals surface area contributed by atoms with Gasteiger partial charge in [0, 0.05) is 26.3 Å². The largest absolute Gasteiger partial charge is 0.385 e. The van der Waals surface area contributed by atoms with E-state index in [0.717, 1.165) is 18.5 Å². The molecule has 1 unspecified atom stereocenters. The number of hydrogen-bond acceptors (Lipinski definition) is 4. The monoisotopic (exact) mass is 401 g/mol. The van der Waals surface area contributed by atoms with Crippen LogP contribution in [-0.4, -0.2) is 51.9 Å². The Balaban J connectivity index is 1.73. The van der Waals surface area contributed by atoms with Crippen LogP contribution in [0.4, 0.5) is 0 Å². The number of nitrogens with zero attached hydrogens (tertiary/aromatic N) is 1. The molecule has 5 heteroatoms. The van der Waals surface area contributed by atoms with Crippen LogP contribution in [0.15, 0.2) is 53.4 Å². The average molecular weight is 402 g/mol. The first kappa shape index (κ1) is 21.0. The maximum atomic E-state index is 12.4. The van der Waals surface area contributed by atoms with Crippen LogP contribution in [0, 0.1) is 0 Å². The first-order chi connectivity index (χ1) is 13.5. The number of likely N-dealkylation sites (tertiary alicyclic amines) is 1. The summed E-state index contributed by atoms with van der Waals surface area (Å²) in [4.78, 5) is 2.95. The number of benzene rings is 2. The van der Waals surface area contributed by atoms with Crippen molar-refractivity contribution in [3.8, 4) is 11.1 Å². The van der Waals surface area contributed by atoms with Crippen molar-refractivity contribution in [1.29, 1.82) is 0 Å². The highest BCUT2D eigenvalue weighted by Gasteiger charge is 2.20. The van der Waals surface area contributed by atoms with Gasteiger partial charge < -0.3 is 9.64 Å². The van der Waals surface area contributed by atoms with Gasteiger partial charge in [-0.05, 0) is 68.0 Å². The molecule has 1 atom stereocenters. The fraction of sp³-hybridized carbons (Fsp3) is 0.478. The van der Waals surface area contributed by atoms with Crippen molar-refractivity contribution in [1.82, 2.24) is 4.90 Å². The van der Waals surface area contributed by atoms with Crippen molar-refractivity contribution in [3.05, 3.63) is 54.1 Å². The van der Waals surface area contributed by atoms with Gasteiger partial charge in [-0.1, -0.05) is 36.4 Å². The first-order valence-corrected chi connectivity index (χ1v) is 11.8. The molecular weight excluding hydrogens is 370 g/mol. The van der Waals surface area contributed by atoms with Crippen molar-refractivity contribution in [2.45, 2.75) is 43.5 Å². The van der Waals surface area contributed by atoms with E-state index in [9.17, 15) is 8.42 Å². The van der Waals surface area contributed by atoms with Crippen molar-refractivity contribution < 1.29 is 13.2 Å². The molecule has 0 radical (unpaired) electrons. The lowest BCUT2D eigenvalue weighted by atomic mass is 9.97. The number of hydrogen-bond donors (Lipinski definition) is 0. The molecular formula is C23H31NO3S. The number of ether oxygens (including phenoxy) is 1. The summed E-state index contributed by atoms with van der Waals surface area (Å²) in [6.07, 6.45) is 4.11. The molecule has 0 bridgehead atoms. The molecule has 152 valence electrons. The molecule has 1 saturated heterocycles. The predicted molar refractivity (Wildman–Crippen MR) is 114 cm³/mol. The van der Waals surface area contributed by atoms with Crippen LogP contribution >= 0.6 is 0 Å². The predicted octanol–water partition coefficient (Wildman–Crippen LogP) is 4.19. The van der Waals surface area contributed by atoms with Crippen LogP contribution in [0.3, 0.4) is 0 Å². The molecule has 0 N–H and O–H groups in total. The number of rotatable bonds is 9.